The summed E-state index contributed by atoms with van der Waals surface area (Å²) in [6.07, 6.45) is 0. The molecule has 54 valence electrons. The van der Waals surface area contributed by atoms with E-state index in [-0.39, 0.29) is 0 Å². The molecule has 0 spiro atoms. The molecule has 0 heterocycles. The lowest BCUT2D eigenvalue weighted by Crippen LogP contribution is -2.37. The summed E-state index contributed by atoms with van der Waals surface area (Å²) in [7, 11) is 0. The third kappa shape index (κ3) is 7.13. The van der Waals surface area contributed by atoms with E-state index in [0.29, 0.717) is 6.92 Å². The third-order valence-corrected chi connectivity index (χ3v) is 0.573. The third-order valence-electron chi connectivity index (χ3n) is 0.573. The molecule has 3 nitrogen and oxygen atoms in total. The number of rotatable bonds is 2. The van der Waals surface area contributed by atoms with Gasteiger partial charge in [-0.2, -0.15) is 0 Å². The molecule has 0 aliphatic rings. The largest absolute Gasteiger partial charge is 0.352 e. The van der Waals surface area contributed by atoms with Crippen molar-refractivity contribution in [1.29, 1.82) is 0 Å². The molecule has 0 aromatic heterocycles. The molecule has 0 saturated heterocycles. The summed E-state index contributed by atoms with van der Waals surface area (Å²) >= 11 is 0. The zero-order chi connectivity index (χ0) is 7.49. The summed E-state index contributed by atoms with van der Waals surface area (Å²) in [4.78, 5) is 9.82. The standard InChI is InChI=1S/C4H8F2N2O/c1-4(5,6)2-8-3(7)9/h2H2,1H3,(H3,7,8,9). The van der Waals surface area contributed by atoms with Crippen LogP contribution in [-0.4, -0.2) is 18.5 Å². The molecule has 0 aliphatic heterocycles. The minimum Gasteiger partial charge on any atom is -0.352 e. The molecule has 0 aromatic rings. The Kier molecular flexibility index (Phi) is 2.36. The summed E-state index contributed by atoms with van der Waals surface area (Å²) in [5.41, 5.74) is 4.52. The molecule has 3 N–H and O–H groups in total. The van der Waals surface area contributed by atoms with Gasteiger partial charge in [-0.15, -0.1) is 0 Å². The number of amides is 2. The predicted octanol–water partition coefficient (Wildman–Crippen LogP) is 0.310. The fourth-order valence-corrected chi connectivity index (χ4v) is 0.242. The number of hydrogen-bond donors (Lipinski definition) is 2. The van der Waals surface area contributed by atoms with Crippen LogP contribution in [0.3, 0.4) is 0 Å². The average molecular weight is 138 g/mol. The molecule has 9 heavy (non-hydrogen) atoms. The quantitative estimate of drug-likeness (QED) is 0.566. The lowest BCUT2D eigenvalue weighted by molar-refractivity contribution is 0.0256. The van der Waals surface area contributed by atoms with Crippen molar-refractivity contribution >= 4 is 6.03 Å². The minimum absolute atomic E-state index is 0.697. The molecule has 0 saturated carbocycles. The molecule has 0 atom stereocenters. The van der Waals surface area contributed by atoms with Gasteiger partial charge in [0.05, 0.1) is 6.54 Å². The van der Waals surface area contributed by atoms with Gasteiger partial charge in [0.25, 0.3) is 5.92 Å². The average Bonchev–Trinajstić information content (AvgIpc) is 1.59. The van der Waals surface area contributed by atoms with E-state index in [1.165, 1.54) is 0 Å². The van der Waals surface area contributed by atoms with Gasteiger partial charge in [-0.25, -0.2) is 13.6 Å². The van der Waals surface area contributed by atoms with Gasteiger partial charge in [0, 0.05) is 6.92 Å². The smallest absolute Gasteiger partial charge is 0.312 e. The maximum Gasteiger partial charge on any atom is 0.312 e. The Balaban J connectivity index is 3.39. The monoisotopic (exact) mass is 138 g/mol. The Labute approximate surface area is 51.2 Å². The first-order valence-corrected chi connectivity index (χ1v) is 2.33. The van der Waals surface area contributed by atoms with E-state index < -0.39 is 18.5 Å². The fourth-order valence-electron chi connectivity index (χ4n) is 0.242. The molecule has 0 aliphatic carbocycles. The highest BCUT2D eigenvalue weighted by molar-refractivity contribution is 5.71. The first-order valence-electron chi connectivity index (χ1n) is 2.33. The summed E-state index contributed by atoms with van der Waals surface area (Å²) in [6.45, 7) is -0.00866. The van der Waals surface area contributed by atoms with E-state index in [4.69, 9.17) is 0 Å². The van der Waals surface area contributed by atoms with Crippen molar-refractivity contribution in [1.82, 2.24) is 5.32 Å². The van der Waals surface area contributed by atoms with E-state index in [1.54, 1.807) is 5.32 Å². The van der Waals surface area contributed by atoms with Crippen molar-refractivity contribution in [3.8, 4) is 0 Å². The first-order chi connectivity index (χ1) is 3.92. The Morgan fingerprint density at radius 3 is 2.33 bits per heavy atom. The predicted molar refractivity (Wildman–Crippen MR) is 28.2 cm³/mol. The second-order valence-electron chi connectivity index (χ2n) is 1.79. The van der Waals surface area contributed by atoms with Gasteiger partial charge >= 0.3 is 6.03 Å². The van der Waals surface area contributed by atoms with E-state index in [0.717, 1.165) is 0 Å². The molecule has 0 fully saturated rings. The Hall–Kier alpha value is -0.870. The summed E-state index contributed by atoms with van der Waals surface area (Å²) in [5, 5.41) is 1.77. The number of nitrogens with two attached hydrogens (primary N) is 1. The lowest BCUT2D eigenvalue weighted by Gasteiger charge is -2.08. The maximum absolute atomic E-state index is 11.8. The molecule has 2 amide bonds. The van der Waals surface area contributed by atoms with Gasteiger partial charge in [-0.3, -0.25) is 0 Å². The highest BCUT2D eigenvalue weighted by Crippen LogP contribution is 2.08. The van der Waals surface area contributed by atoms with Crippen LogP contribution >= 0.6 is 0 Å². The Morgan fingerprint density at radius 2 is 2.22 bits per heavy atom. The van der Waals surface area contributed by atoms with Gasteiger partial charge in [0.15, 0.2) is 0 Å². The second kappa shape index (κ2) is 2.61. The highest BCUT2D eigenvalue weighted by Gasteiger charge is 2.20. The van der Waals surface area contributed by atoms with Crippen molar-refractivity contribution in [2.45, 2.75) is 12.8 Å². The summed E-state index contributed by atoms with van der Waals surface area (Å²) in [5.74, 6) is -2.88. The topological polar surface area (TPSA) is 55.1 Å². The fraction of sp³-hybridized carbons (Fsp3) is 0.750. The van der Waals surface area contributed by atoms with Crippen LogP contribution in [0.15, 0.2) is 0 Å². The number of hydrogen-bond acceptors (Lipinski definition) is 1. The Bertz CT molecular complexity index is 110. The Morgan fingerprint density at radius 1 is 1.78 bits per heavy atom. The maximum atomic E-state index is 11.8. The van der Waals surface area contributed by atoms with Crippen molar-refractivity contribution in [2.75, 3.05) is 6.54 Å². The van der Waals surface area contributed by atoms with Crippen LogP contribution in [-0.2, 0) is 0 Å². The van der Waals surface area contributed by atoms with Crippen molar-refractivity contribution in [3.05, 3.63) is 0 Å². The van der Waals surface area contributed by atoms with Crippen LogP contribution in [0.1, 0.15) is 6.92 Å². The number of alkyl halides is 2. The number of halogens is 2. The first kappa shape index (κ1) is 8.13. The molecule has 0 radical (unpaired) electrons. The van der Waals surface area contributed by atoms with Gasteiger partial charge in [-0.1, -0.05) is 0 Å². The number of urea groups is 1. The minimum atomic E-state index is -2.88. The number of carbonyl (C=O) groups excluding carboxylic acids is 1. The normalized spacial score (nSPS) is 11.0. The molecular formula is C4H8F2N2O. The highest BCUT2D eigenvalue weighted by atomic mass is 19.3. The lowest BCUT2D eigenvalue weighted by atomic mass is 10.4. The van der Waals surface area contributed by atoms with Crippen LogP contribution in [0.5, 0.6) is 0 Å². The van der Waals surface area contributed by atoms with Gasteiger partial charge in [-0.05, 0) is 0 Å². The van der Waals surface area contributed by atoms with Crippen molar-refractivity contribution in [3.63, 3.8) is 0 Å². The number of nitrogens with one attached hydrogen (secondary N) is 1. The van der Waals surface area contributed by atoms with Crippen LogP contribution in [0.4, 0.5) is 13.6 Å². The van der Waals surface area contributed by atoms with Gasteiger partial charge < -0.3 is 11.1 Å². The molecule has 0 bridgehead atoms. The van der Waals surface area contributed by atoms with E-state index in [9.17, 15) is 13.6 Å². The second-order valence-corrected chi connectivity index (χ2v) is 1.79. The molecule has 0 rings (SSSR count). The number of carbonyl (C=O) groups is 1. The number of primary amides is 1. The van der Waals surface area contributed by atoms with E-state index >= 15 is 0 Å². The van der Waals surface area contributed by atoms with Crippen LogP contribution in [0, 0.1) is 0 Å². The molecule has 5 heteroatoms. The zero-order valence-corrected chi connectivity index (χ0v) is 4.95. The summed E-state index contributed by atoms with van der Waals surface area (Å²) < 4.78 is 23.6. The van der Waals surface area contributed by atoms with E-state index in [1.807, 2.05) is 0 Å². The van der Waals surface area contributed by atoms with E-state index in [2.05, 4.69) is 5.73 Å². The molecule has 0 unspecified atom stereocenters. The van der Waals surface area contributed by atoms with Crippen molar-refractivity contribution in [2.24, 2.45) is 5.73 Å². The van der Waals surface area contributed by atoms with Crippen LogP contribution < -0.4 is 11.1 Å². The van der Waals surface area contributed by atoms with Gasteiger partial charge in [0.1, 0.15) is 0 Å². The zero-order valence-electron chi connectivity index (χ0n) is 4.95. The molecule has 0 aromatic carbocycles. The van der Waals surface area contributed by atoms with Crippen molar-refractivity contribution < 1.29 is 13.6 Å². The van der Waals surface area contributed by atoms with Gasteiger partial charge in [0.2, 0.25) is 0 Å². The van der Waals surface area contributed by atoms with Crippen LogP contribution in [0.2, 0.25) is 0 Å². The molecular weight excluding hydrogens is 130 g/mol. The van der Waals surface area contributed by atoms with Crippen LogP contribution in [0.25, 0.3) is 0 Å². The summed E-state index contributed by atoms with van der Waals surface area (Å²) in [6, 6.07) is -0.934. The SMILES string of the molecule is CC(F)(F)CNC(N)=O.